The van der Waals surface area contributed by atoms with Crippen LogP contribution in [0.25, 0.3) is 133 Å². The smallest absolute Gasteiger partial charge is 0.252 e. The third-order valence-electron chi connectivity index (χ3n) is 27.4. The average molecular weight is 1620 g/mol. The van der Waals surface area contributed by atoms with Gasteiger partial charge >= 0.3 is 0 Å². The molecule has 4 heterocycles. The lowest BCUT2D eigenvalue weighted by Gasteiger charge is -2.46. The first-order valence-corrected chi connectivity index (χ1v) is 44.6. The summed E-state index contributed by atoms with van der Waals surface area (Å²) in [5.41, 5.74) is 40.8. The Hall–Kier alpha value is -14.8. The third-order valence-corrected chi connectivity index (χ3v) is 27.4. The minimum Gasteiger partial charge on any atom is -0.310 e. The van der Waals surface area contributed by atoms with Crippen LogP contribution in [0.15, 0.2) is 413 Å². The summed E-state index contributed by atoms with van der Waals surface area (Å²) in [4.78, 5) is 5.50. The zero-order chi connectivity index (χ0) is 85.1. The number of rotatable bonds is 12. The van der Waals surface area contributed by atoms with Gasteiger partial charge in [-0.15, -0.1) is 0 Å². The predicted octanol–water partition coefficient (Wildman–Crippen LogP) is 30.2. The van der Waals surface area contributed by atoms with Crippen molar-refractivity contribution >= 4 is 101 Å². The van der Waals surface area contributed by atoms with E-state index in [1.54, 1.807) is 0 Å². The van der Waals surface area contributed by atoms with Crippen LogP contribution in [-0.2, 0) is 21.7 Å². The van der Waals surface area contributed by atoms with Gasteiger partial charge in [0.1, 0.15) is 0 Å². The van der Waals surface area contributed by atoms with Gasteiger partial charge in [-0.1, -0.05) is 378 Å². The molecule has 5 heteroatoms. The van der Waals surface area contributed by atoms with Crippen molar-refractivity contribution in [3.8, 4) is 89.3 Å². The molecule has 0 N–H and O–H groups in total. The van der Waals surface area contributed by atoms with Crippen LogP contribution in [0.5, 0.6) is 0 Å². The monoisotopic (exact) mass is 1610 g/mol. The van der Waals surface area contributed by atoms with Crippen LogP contribution in [0, 0.1) is 0 Å². The van der Waals surface area contributed by atoms with E-state index in [1.807, 2.05) is 0 Å². The van der Waals surface area contributed by atoms with Crippen LogP contribution in [0.2, 0.25) is 0 Å². The summed E-state index contributed by atoms with van der Waals surface area (Å²) in [6, 6.07) is 158. The first kappa shape index (κ1) is 76.1. The molecule has 0 saturated heterocycles. The van der Waals surface area contributed by atoms with Crippen molar-refractivity contribution in [2.24, 2.45) is 0 Å². The normalized spacial score (nSPS) is 13.3. The zero-order valence-corrected chi connectivity index (χ0v) is 72.6. The van der Waals surface area contributed by atoms with Crippen LogP contribution in [-0.4, -0.2) is 15.8 Å². The lowest BCUT2D eigenvalue weighted by molar-refractivity contribution is 0.590. The summed E-state index contributed by atoms with van der Waals surface area (Å²) in [5.74, 6) is 0. The van der Waals surface area contributed by atoms with E-state index >= 15 is 0 Å². The lowest BCUT2D eigenvalue weighted by atomic mass is 9.33. The van der Waals surface area contributed by atoms with Gasteiger partial charge in [-0.3, -0.25) is 0 Å². The summed E-state index contributed by atoms with van der Waals surface area (Å²) < 4.78 is 5.18. The molecule has 1 aliphatic carbocycles. The lowest BCUT2D eigenvalue weighted by Crippen LogP contribution is -2.61. The second kappa shape index (κ2) is 29.2. The molecule has 0 amide bonds. The van der Waals surface area contributed by atoms with E-state index < -0.39 is 10.8 Å². The average Bonchev–Trinajstić information content (AvgIpc) is 1.44. The van der Waals surface area contributed by atoms with Gasteiger partial charge in [-0.05, 0) is 224 Å². The van der Waals surface area contributed by atoms with Crippen molar-refractivity contribution in [1.29, 1.82) is 0 Å². The van der Waals surface area contributed by atoms with E-state index in [9.17, 15) is 0 Å². The number of para-hydroxylation sites is 1. The van der Waals surface area contributed by atoms with Gasteiger partial charge in [0.25, 0.3) is 6.71 Å². The fraction of sp³-hybridized carbons (Fsp3) is 0.107. The van der Waals surface area contributed by atoms with Crippen molar-refractivity contribution in [2.45, 2.75) is 84.0 Å². The van der Waals surface area contributed by atoms with Crippen molar-refractivity contribution in [3.05, 3.63) is 451 Å². The number of benzene rings is 18. The van der Waals surface area contributed by atoms with E-state index in [4.69, 9.17) is 0 Å². The van der Waals surface area contributed by atoms with Gasteiger partial charge in [0.15, 0.2) is 0 Å². The Morgan fingerprint density at radius 1 is 0.238 bits per heavy atom. The molecule has 0 spiro atoms. The summed E-state index contributed by atoms with van der Waals surface area (Å²) in [6.45, 7) is 21.0. The quantitative estimate of drug-likeness (QED) is 0.113. The molecule has 0 atom stereocenters. The van der Waals surface area contributed by atoms with Crippen molar-refractivity contribution in [1.82, 2.24) is 9.13 Å². The molecular weight excluding hydrogens is 1520 g/mol. The number of anilines is 6. The van der Waals surface area contributed by atoms with E-state index in [-0.39, 0.29) is 17.5 Å². The molecule has 3 aliphatic rings. The highest BCUT2D eigenvalue weighted by molar-refractivity contribution is 7.00. The Morgan fingerprint density at radius 2 is 0.587 bits per heavy atom. The Morgan fingerprint density at radius 3 is 1.00 bits per heavy atom. The molecule has 2 aromatic heterocycles. The largest absolute Gasteiger partial charge is 0.310 e. The van der Waals surface area contributed by atoms with E-state index in [2.05, 4.69) is 494 Å². The number of hydrogen-bond donors (Lipinski definition) is 0. The second-order valence-corrected chi connectivity index (χ2v) is 37.9. The molecule has 0 saturated carbocycles. The van der Waals surface area contributed by atoms with Gasteiger partial charge in [-0.25, -0.2) is 0 Å². The fourth-order valence-electron chi connectivity index (χ4n) is 21.4. The Labute approximate surface area is 739 Å². The van der Waals surface area contributed by atoms with E-state index in [0.717, 1.165) is 123 Å². The second-order valence-electron chi connectivity index (χ2n) is 37.9. The Kier molecular flexibility index (Phi) is 17.6. The zero-order valence-electron chi connectivity index (χ0n) is 72.6. The molecule has 20 aromatic rings. The highest BCUT2D eigenvalue weighted by Crippen LogP contribution is 2.61. The molecule has 602 valence electrons. The van der Waals surface area contributed by atoms with Gasteiger partial charge in [-0.2, -0.15) is 0 Å². The topological polar surface area (TPSA) is 16.3 Å². The molecule has 0 bridgehead atoms. The Bertz CT molecular complexity index is 7490. The van der Waals surface area contributed by atoms with Crippen LogP contribution in [0.4, 0.5) is 34.1 Å². The molecule has 0 unspecified atom stereocenters. The predicted molar refractivity (Wildman–Crippen MR) is 535 cm³/mol. The van der Waals surface area contributed by atoms with Gasteiger partial charge in [0.05, 0.1) is 38.9 Å². The number of nitrogens with zero attached hydrogens (tertiary/aromatic N) is 4. The summed E-state index contributed by atoms with van der Waals surface area (Å²) >= 11 is 0. The van der Waals surface area contributed by atoms with Crippen LogP contribution in [0.3, 0.4) is 0 Å². The van der Waals surface area contributed by atoms with Crippen LogP contribution < -0.4 is 26.2 Å². The van der Waals surface area contributed by atoms with E-state index in [0.29, 0.717) is 0 Å². The molecule has 23 rings (SSSR count). The number of fused-ring (bicyclic) bond motifs is 14. The SMILES string of the molecule is CC(C)(C)c1cc2c3c(c1)N(c1c(-c4ccccc4)cc(-c4ccccc4)cc1-c1ccccc1)c1cc(-n4c5ccccc5c5c6c(ccc54)-c4ccccc4C6(c4ccccc4)c4ccccc4)ccc1B3c1ccc(-n3c4ccc(C(C)(C)C)cc4c4cc(C(C)(C)C)ccc43)cc1N2c1c(-c2ccccc2)cc(-c2ccccc2)cc1-c1ccccc1. The molecule has 0 radical (unpaired) electrons. The number of aromatic nitrogens is 2. The van der Waals surface area contributed by atoms with Gasteiger partial charge < -0.3 is 18.9 Å². The number of hydrogen-bond acceptors (Lipinski definition) is 2. The van der Waals surface area contributed by atoms with Crippen molar-refractivity contribution in [2.75, 3.05) is 9.80 Å². The first-order valence-electron chi connectivity index (χ1n) is 44.6. The maximum atomic E-state index is 2.75. The van der Waals surface area contributed by atoms with Gasteiger partial charge in [0.2, 0.25) is 0 Å². The standard InChI is InChI=1S/C121H95BN4/c1-118(2,3)88-58-65-106-100(72-88)101-73-89(119(4,5)6)59-66-107(101)123(106)91-60-63-103-109(76-91)125(116-96(80-42-22-12-23-43-80)68-84(78-38-18-10-19-39-78)69-97(116)81-44-24-13-25-45-81)111-74-90(120(7,8)9)75-112-115(111)122(103)104-64-61-92(77-110(104)126(112)117-98(82-46-26-14-27-47-82)70-85(79-40-20-11-21-41-79)71-99(117)83-48-28-15-29-49-83)124-105-57-37-35-55-95(105)113-108(124)67-62-94-93-54-34-36-56-102(93)121(114(94)113,86-50-30-16-31-51-86)87-52-32-17-33-53-87/h10-77H,1-9H3. The highest BCUT2D eigenvalue weighted by Gasteiger charge is 2.50. The molecule has 18 aromatic carbocycles. The first-order chi connectivity index (χ1) is 61.4. The minimum absolute atomic E-state index is 0.0863. The maximum Gasteiger partial charge on any atom is 0.252 e. The van der Waals surface area contributed by atoms with E-state index in [1.165, 1.54) is 99.0 Å². The molecule has 0 fully saturated rings. The third kappa shape index (κ3) is 12.0. The highest BCUT2D eigenvalue weighted by atomic mass is 15.2. The van der Waals surface area contributed by atoms with Crippen LogP contribution in [0.1, 0.15) is 101 Å². The summed E-state index contributed by atoms with van der Waals surface area (Å²) in [6.07, 6.45) is 0. The van der Waals surface area contributed by atoms with Crippen LogP contribution >= 0.6 is 0 Å². The molecule has 126 heavy (non-hydrogen) atoms. The summed E-state index contributed by atoms with van der Waals surface area (Å²) in [5, 5.41) is 4.94. The molecule has 2 aliphatic heterocycles. The maximum absolute atomic E-state index is 2.75. The molecular formula is C121H95BN4. The van der Waals surface area contributed by atoms with Crippen molar-refractivity contribution in [3.63, 3.8) is 0 Å². The minimum atomic E-state index is -0.668. The fourth-order valence-corrected chi connectivity index (χ4v) is 21.4. The van der Waals surface area contributed by atoms with Gasteiger partial charge in [0, 0.05) is 77.9 Å². The Balaban J connectivity index is 0.883. The van der Waals surface area contributed by atoms with Crippen molar-refractivity contribution < 1.29 is 0 Å². The summed E-state index contributed by atoms with van der Waals surface area (Å²) in [7, 11) is 0. The molecule has 4 nitrogen and oxygen atoms in total.